The van der Waals surface area contributed by atoms with Gasteiger partial charge < -0.3 is 10.1 Å². The van der Waals surface area contributed by atoms with Crippen molar-refractivity contribution in [2.24, 2.45) is 5.92 Å². The summed E-state index contributed by atoms with van der Waals surface area (Å²) in [5.41, 5.74) is 1.92. The molecule has 2 aromatic carbocycles. The van der Waals surface area contributed by atoms with Crippen LogP contribution in [0.4, 0.5) is 8.78 Å². The van der Waals surface area contributed by atoms with Gasteiger partial charge in [0.15, 0.2) is 0 Å². The van der Waals surface area contributed by atoms with E-state index >= 15 is 0 Å². The van der Waals surface area contributed by atoms with Gasteiger partial charge in [-0.25, -0.2) is 8.78 Å². The molecule has 2 unspecified atom stereocenters. The van der Waals surface area contributed by atoms with Gasteiger partial charge in [0, 0.05) is 12.5 Å². The largest absolute Gasteiger partial charge is 0.369 e. The Labute approximate surface area is 135 Å². The molecule has 0 radical (unpaired) electrons. The summed E-state index contributed by atoms with van der Waals surface area (Å²) in [6.07, 6.45) is 2.11. The Morgan fingerprint density at radius 3 is 2.26 bits per heavy atom. The first-order valence-corrected chi connectivity index (χ1v) is 8.04. The molecule has 2 nitrogen and oxygen atoms in total. The SMILES string of the molecule is Fc1ccc(COC(c2ccc(F)cc2)C2CCCNC2)cc1. The van der Waals surface area contributed by atoms with Gasteiger partial charge >= 0.3 is 0 Å². The average Bonchev–Trinajstić information content (AvgIpc) is 2.59. The molecule has 2 aromatic rings. The molecule has 1 saturated heterocycles. The maximum absolute atomic E-state index is 13.2. The molecule has 1 heterocycles. The van der Waals surface area contributed by atoms with Crippen LogP contribution in [0.3, 0.4) is 0 Å². The van der Waals surface area contributed by atoms with Crippen LogP contribution in [0.2, 0.25) is 0 Å². The van der Waals surface area contributed by atoms with Crippen molar-refractivity contribution in [3.63, 3.8) is 0 Å². The molecule has 2 atom stereocenters. The van der Waals surface area contributed by atoms with Gasteiger partial charge in [0.05, 0.1) is 12.7 Å². The van der Waals surface area contributed by atoms with Crippen molar-refractivity contribution < 1.29 is 13.5 Å². The zero-order valence-corrected chi connectivity index (χ0v) is 13.0. The van der Waals surface area contributed by atoms with Gasteiger partial charge in [0.1, 0.15) is 11.6 Å². The first kappa shape index (κ1) is 16.1. The minimum absolute atomic E-state index is 0.0894. The number of hydrogen-bond donors (Lipinski definition) is 1. The molecule has 23 heavy (non-hydrogen) atoms. The lowest BCUT2D eigenvalue weighted by molar-refractivity contribution is -0.00817. The number of ether oxygens (including phenoxy) is 1. The molecule has 3 rings (SSSR count). The highest BCUT2D eigenvalue weighted by Crippen LogP contribution is 2.31. The van der Waals surface area contributed by atoms with E-state index < -0.39 is 0 Å². The summed E-state index contributed by atoms with van der Waals surface area (Å²) in [4.78, 5) is 0. The Hall–Kier alpha value is -1.78. The zero-order valence-electron chi connectivity index (χ0n) is 13.0. The second-order valence-corrected chi connectivity index (χ2v) is 6.02. The van der Waals surface area contributed by atoms with Gasteiger partial charge in [-0.15, -0.1) is 0 Å². The van der Waals surface area contributed by atoms with E-state index in [0.29, 0.717) is 12.5 Å². The number of nitrogens with one attached hydrogen (secondary N) is 1. The summed E-state index contributed by atoms with van der Waals surface area (Å²) in [5.74, 6) is -0.136. The van der Waals surface area contributed by atoms with E-state index in [2.05, 4.69) is 5.32 Å². The maximum atomic E-state index is 13.2. The van der Waals surface area contributed by atoms with Crippen LogP contribution >= 0.6 is 0 Å². The van der Waals surface area contributed by atoms with E-state index in [4.69, 9.17) is 4.74 Å². The van der Waals surface area contributed by atoms with E-state index in [-0.39, 0.29) is 17.7 Å². The molecule has 1 fully saturated rings. The van der Waals surface area contributed by atoms with Crippen molar-refractivity contribution >= 4 is 0 Å². The molecule has 122 valence electrons. The maximum Gasteiger partial charge on any atom is 0.123 e. The van der Waals surface area contributed by atoms with Gasteiger partial charge in [-0.3, -0.25) is 0 Å². The Balaban J connectivity index is 1.74. The Morgan fingerprint density at radius 1 is 1.00 bits per heavy atom. The Morgan fingerprint density at radius 2 is 1.65 bits per heavy atom. The highest BCUT2D eigenvalue weighted by Gasteiger charge is 2.25. The van der Waals surface area contributed by atoms with Crippen LogP contribution in [0.15, 0.2) is 48.5 Å². The molecule has 1 aliphatic rings. The monoisotopic (exact) mass is 317 g/mol. The molecule has 1 aliphatic heterocycles. The van der Waals surface area contributed by atoms with Crippen molar-refractivity contribution in [1.82, 2.24) is 5.32 Å². The van der Waals surface area contributed by atoms with Crippen LogP contribution in [0.1, 0.15) is 30.1 Å². The molecule has 0 saturated carbocycles. The summed E-state index contributed by atoms with van der Waals surface area (Å²) in [6.45, 7) is 2.34. The van der Waals surface area contributed by atoms with Crippen LogP contribution in [-0.2, 0) is 11.3 Å². The van der Waals surface area contributed by atoms with Gasteiger partial charge in [-0.1, -0.05) is 24.3 Å². The van der Waals surface area contributed by atoms with E-state index in [1.807, 2.05) is 0 Å². The average molecular weight is 317 g/mol. The third kappa shape index (κ3) is 4.36. The first-order valence-electron chi connectivity index (χ1n) is 8.04. The lowest BCUT2D eigenvalue weighted by Gasteiger charge is -2.31. The second-order valence-electron chi connectivity index (χ2n) is 6.02. The summed E-state index contributed by atoms with van der Waals surface area (Å²) >= 11 is 0. The van der Waals surface area contributed by atoms with Crippen molar-refractivity contribution in [1.29, 1.82) is 0 Å². The van der Waals surface area contributed by atoms with Crippen LogP contribution in [0.5, 0.6) is 0 Å². The normalized spacial score (nSPS) is 19.5. The summed E-state index contributed by atoms with van der Waals surface area (Å²) < 4.78 is 32.3. The molecule has 0 aliphatic carbocycles. The van der Waals surface area contributed by atoms with Crippen molar-refractivity contribution in [3.8, 4) is 0 Å². The third-order valence-corrected chi connectivity index (χ3v) is 4.30. The summed E-state index contributed by atoms with van der Waals surface area (Å²) in [6, 6.07) is 12.9. The van der Waals surface area contributed by atoms with E-state index in [1.54, 1.807) is 24.3 Å². The minimum atomic E-state index is -0.250. The standard InChI is InChI=1S/C19H21F2NO/c20-17-7-3-14(4-8-17)13-23-19(16-2-1-11-22-12-16)15-5-9-18(21)10-6-15/h3-10,16,19,22H,1-2,11-13H2. The minimum Gasteiger partial charge on any atom is -0.369 e. The molecular formula is C19H21F2NO. The third-order valence-electron chi connectivity index (χ3n) is 4.30. The van der Waals surface area contributed by atoms with Gasteiger partial charge in [0.25, 0.3) is 0 Å². The zero-order chi connectivity index (χ0) is 16.1. The molecule has 0 bridgehead atoms. The fourth-order valence-corrected chi connectivity index (χ4v) is 3.06. The van der Waals surface area contributed by atoms with E-state index in [0.717, 1.165) is 37.1 Å². The first-order chi connectivity index (χ1) is 11.2. The molecule has 0 aromatic heterocycles. The fraction of sp³-hybridized carbons (Fsp3) is 0.368. The van der Waals surface area contributed by atoms with Crippen molar-refractivity contribution in [2.45, 2.75) is 25.6 Å². The van der Waals surface area contributed by atoms with Crippen molar-refractivity contribution in [2.75, 3.05) is 13.1 Å². The van der Waals surface area contributed by atoms with E-state index in [1.165, 1.54) is 24.3 Å². The molecule has 0 amide bonds. The summed E-state index contributed by atoms with van der Waals surface area (Å²) in [5, 5.41) is 3.40. The van der Waals surface area contributed by atoms with Crippen LogP contribution in [0.25, 0.3) is 0 Å². The fourth-order valence-electron chi connectivity index (χ4n) is 3.06. The Bertz CT molecular complexity index is 606. The molecule has 0 spiro atoms. The lowest BCUT2D eigenvalue weighted by atomic mass is 9.89. The number of benzene rings is 2. The van der Waals surface area contributed by atoms with E-state index in [9.17, 15) is 8.78 Å². The number of rotatable bonds is 5. The highest BCUT2D eigenvalue weighted by atomic mass is 19.1. The lowest BCUT2D eigenvalue weighted by Crippen LogP contribution is -2.34. The second kappa shape index (κ2) is 7.66. The molecular weight excluding hydrogens is 296 g/mol. The molecule has 1 N–H and O–H groups in total. The van der Waals surface area contributed by atoms with Crippen molar-refractivity contribution in [3.05, 3.63) is 71.3 Å². The summed E-state index contributed by atoms with van der Waals surface area (Å²) in [7, 11) is 0. The topological polar surface area (TPSA) is 21.3 Å². The van der Waals surface area contributed by atoms with Crippen LogP contribution in [0, 0.1) is 17.6 Å². The van der Waals surface area contributed by atoms with Gasteiger partial charge in [0.2, 0.25) is 0 Å². The smallest absolute Gasteiger partial charge is 0.123 e. The van der Waals surface area contributed by atoms with Gasteiger partial charge in [-0.2, -0.15) is 0 Å². The quantitative estimate of drug-likeness (QED) is 0.891. The van der Waals surface area contributed by atoms with Crippen LogP contribution in [-0.4, -0.2) is 13.1 Å². The van der Waals surface area contributed by atoms with Crippen LogP contribution < -0.4 is 5.32 Å². The molecule has 4 heteroatoms. The number of hydrogen-bond acceptors (Lipinski definition) is 2. The number of halogens is 2. The predicted octanol–water partition coefficient (Wildman–Crippen LogP) is 4.22. The number of piperidine rings is 1. The van der Waals surface area contributed by atoms with Gasteiger partial charge in [-0.05, 0) is 54.8 Å². The highest BCUT2D eigenvalue weighted by molar-refractivity contribution is 5.20. The predicted molar refractivity (Wildman–Crippen MR) is 85.9 cm³/mol. The Kier molecular flexibility index (Phi) is 5.36.